The zero-order valence-corrected chi connectivity index (χ0v) is 12.8. The average molecular weight is 335 g/mol. The molecule has 3 nitrogen and oxygen atoms in total. The van der Waals surface area contributed by atoms with Crippen molar-refractivity contribution in [3.63, 3.8) is 0 Å². The molecule has 1 N–H and O–H groups in total. The summed E-state index contributed by atoms with van der Waals surface area (Å²) in [6.07, 6.45) is 0. The number of ether oxygens (including phenoxy) is 1. The molecule has 0 unspecified atom stereocenters. The molecule has 2 aromatic rings. The van der Waals surface area contributed by atoms with Crippen molar-refractivity contribution in [2.24, 2.45) is 0 Å². The number of carboxylic acid groups (broad SMARTS) is 1. The highest BCUT2D eigenvalue weighted by molar-refractivity contribution is 9.10. The quantitative estimate of drug-likeness (QED) is 0.849. The van der Waals surface area contributed by atoms with Gasteiger partial charge in [0.05, 0.1) is 5.56 Å². The lowest BCUT2D eigenvalue weighted by Gasteiger charge is -2.09. The molecule has 0 saturated carbocycles. The van der Waals surface area contributed by atoms with Crippen LogP contribution < -0.4 is 4.74 Å². The molecule has 2 rings (SSSR count). The Balaban J connectivity index is 2.17. The van der Waals surface area contributed by atoms with Gasteiger partial charge < -0.3 is 9.84 Å². The fraction of sp³-hybridized carbons (Fsp3) is 0.188. The minimum atomic E-state index is -0.968. The molecular weight excluding hydrogens is 320 g/mol. The first-order valence-corrected chi connectivity index (χ1v) is 7.07. The van der Waals surface area contributed by atoms with E-state index in [1.165, 1.54) is 11.6 Å². The molecule has 0 aliphatic heterocycles. The summed E-state index contributed by atoms with van der Waals surface area (Å²) in [6.45, 7) is 4.27. The van der Waals surface area contributed by atoms with Gasteiger partial charge in [0.25, 0.3) is 0 Å². The standard InChI is InChI=1S/C16H15BrO3/c1-10(2)11-3-5-12(6-4-11)20-13-7-8-14(16(18)19)15(17)9-13/h3-10H,1-2H3,(H,18,19). The topological polar surface area (TPSA) is 46.5 Å². The Morgan fingerprint density at radius 3 is 2.20 bits per heavy atom. The van der Waals surface area contributed by atoms with Crippen LogP contribution >= 0.6 is 15.9 Å². The Kier molecular flexibility index (Phi) is 4.45. The first-order chi connectivity index (χ1) is 9.47. The summed E-state index contributed by atoms with van der Waals surface area (Å²) in [4.78, 5) is 10.9. The molecular formula is C16H15BrO3. The third kappa shape index (κ3) is 3.39. The molecule has 0 fully saturated rings. The van der Waals surface area contributed by atoms with Crippen molar-refractivity contribution in [1.82, 2.24) is 0 Å². The van der Waals surface area contributed by atoms with Crippen LogP contribution in [-0.4, -0.2) is 11.1 Å². The third-order valence-corrected chi connectivity index (χ3v) is 3.61. The molecule has 0 aliphatic rings. The van der Waals surface area contributed by atoms with Gasteiger partial charge in [0.1, 0.15) is 11.5 Å². The van der Waals surface area contributed by atoms with Gasteiger partial charge in [-0.3, -0.25) is 0 Å². The molecule has 0 amide bonds. The summed E-state index contributed by atoms with van der Waals surface area (Å²) in [6, 6.07) is 12.7. The molecule has 2 aromatic carbocycles. The van der Waals surface area contributed by atoms with E-state index in [4.69, 9.17) is 9.84 Å². The van der Waals surface area contributed by atoms with Gasteiger partial charge in [0.2, 0.25) is 0 Å². The largest absolute Gasteiger partial charge is 0.478 e. The molecule has 0 aliphatic carbocycles. The molecule has 0 heterocycles. The van der Waals surface area contributed by atoms with Crippen LogP contribution in [0.3, 0.4) is 0 Å². The lowest BCUT2D eigenvalue weighted by atomic mass is 10.0. The fourth-order valence-electron chi connectivity index (χ4n) is 1.79. The number of carboxylic acids is 1. The van der Waals surface area contributed by atoms with E-state index >= 15 is 0 Å². The van der Waals surface area contributed by atoms with E-state index in [1.54, 1.807) is 12.1 Å². The Labute approximate surface area is 126 Å². The van der Waals surface area contributed by atoms with Gasteiger partial charge in [-0.15, -0.1) is 0 Å². The minimum Gasteiger partial charge on any atom is -0.478 e. The van der Waals surface area contributed by atoms with Crippen molar-refractivity contribution < 1.29 is 14.6 Å². The van der Waals surface area contributed by atoms with Crippen LogP contribution in [0, 0.1) is 0 Å². The predicted octanol–water partition coefficient (Wildman–Crippen LogP) is 5.06. The Morgan fingerprint density at radius 1 is 1.10 bits per heavy atom. The van der Waals surface area contributed by atoms with Crippen molar-refractivity contribution in [3.05, 3.63) is 58.1 Å². The molecule has 0 aromatic heterocycles. The van der Waals surface area contributed by atoms with E-state index < -0.39 is 5.97 Å². The van der Waals surface area contributed by atoms with Crippen molar-refractivity contribution in [2.45, 2.75) is 19.8 Å². The van der Waals surface area contributed by atoms with Crippen molar-refractivity contribution >= 4 is 21.9 Å². The molecule has 0 saturated heterocycles. The zero-order valence-electron chi connectivity index (χ0n) is 11.3. The summed E-state index contributed by atoms with van der Waals surface area (Å²) in [5.74, 6) is 0.835. The van der Waals surface area contributed by atoms with E-state index in [9.17, 15) is 4.79 Å². The highest BCUT2D eigenvalue weighted by Crippen LogP contribution is 2.28. The van der Waals surface area contributed by atoms with Crippen LogP contribution in [0.2, 0.25) is 0 Å². The fourth-order valence-corrected chi connectivity index (χ4v) is 2.32. The number of carbonyl (C=O) groups is 1. The van der Waals surface area contributed by atoms with Crippen LogP contribution in [0.1, 0.15) is 35.7 Å². The summed E-state index contributed by atoms with van der Waals surface area (Å²) in [5.41, 5.74) is 1.47. The lowest BCUT2D eigenvalue weighted by molar-refractivity contribution is 0.0696. The summed E-state index contributed by atoms with van der Waals surface area (Å²) in [7, 11) is 0. The van der Waals surface area contributed by atoms with E-state index in [2.05, 4.69) is 29.8 Å². The number of aromatic carboxylic acids is 1. The molecule has 4 heteroatoms. The Hall–Kier alpha value is -1.81. The van der Waals surface area contributed by atoms with Crippen LogP contribution in [0.5, 0.6) is 11.5 Å². The normalized spacial score (nSPS) is 10.6. The smallest absolute Gasteiger partial charge is 0.336 e. The zero-order chi connectivity index (χ0) is 14.7. The summed E-state index contributed by atoms with van der Waals surface area (Å²) >= 11 is 3.23. The molecule has 104 valence electrons. The van der Waals surface area contributed by atoms with Gasteiger partial charge >= 0.3 is 5.97 Å². The van der Waals surface area contributed by atoms with Crippen molar-refractivity contribution in [1.29, 1.82) is 0 Å². The summed E-state index contributed by atoms with van der Waals surface area (Å²) in [5, 5.41) is 8.96. The van der Waals surface area contributed by atoms with Gasteiger partial charge in [-0.05, 0) is 57.7 Å². The van der Waals surface area contributed by atoms with Crippen molar-refractivity contribution in [3.8, 4) is 11.5 Å². The predicted molar refractivity (Wildman–Crippen MR) is 81.7 cm³/mol. The maximum Gasteiger partial charge on any atom is 0.336 e. The SMILES string of the molecule is CC(C)c1ccc(Oc2ccc(C(=O)O)c(Br)c2)cc1. The van der Waals surface area contributed by atoms with Gasteiger partial charge in [0, 0.05) is 4.47 Å². The van der Waals surface area contributed by atoms with Gasteiger partial charge in [-0.2, -0.15) is 0 Å². The van der Waals surface area contributed by atoms with E-state index in [0.29, 0.717) is 16.1 Å². The van der Waals surface area contributed by atoms with E-state index in [1.807, 2.05) is 24.3 Å². The Morgan fingerprint density at radius 2 is 1.70 bits per heavy atom. The first kappa shape index (κ1) is 14.6. The maximum absolute atomic E-state index is 10.9. The van der Waals surface area contributed by atoms with Crippen molar-refractivity contribution in [2.75, 3.05) is 0 Å². The minimum absolute atomic E-state index is 0.215. The van der Waals surface area contributed by atoms with Crippen LogP contribution in [0.15, 0.2) is 46.9 Å². The lowest BCUT2D eigenvalue weighted by Crippen LogP contribution is -1.97. The number of halogens is 1. The van der Waals surface area contributed by atoms with E-state index in [-0.39, 0.29) is 5.56 Å². The second kappa shape index (κ2) is 6.09. The number of rotatable bonds is 4. The highest BCUT2D eigenvalue weighted by Gasteiger charge is 2.09. The Bertz CT molecular complexity index is 618. The number of hydrogen-bond donors (Lipinski definition) is 1. The van der Waals surface area contributed by atoms with Gasteiger partial charge in [0.15, 0.2) is 0 Å². The highest BCUT2D eigenvalue weighted by atomic mass is 79.9. The van der Waals surface area contributed by atoms with Crippen LogP contribution in [-0.2, 0) is 0 Å². The van der Waals surface area contributed by atoms with Crippen LogP contribution in [0.4, 0.5) is 0 Å². The monoisotopic (exact) mass is 334 g/mol. The van der Waals surface area contributed by atoms with Gasteiger partial charge in [-0.25, -0.2) is 4.79 Å². The molecule has 0 radical (unpaired) electrons. The first-order valence-electron chi connectivity index (χ1n) is 6.28. The second-order valence-electron chi connectivity index (χ2n) is 4.77. The number of benzene rings is 2. The molecule has 20 heavy (non-hydrogen) atoms. The molecule has 0 spiro atoms. The molecule has 0 bridgehead atoms. The molecule has 0 atom stereocenters. The third-order valence-electron chi connectivity index (χ3n) is 2.95. The number of hydrogen-bond acceptors (Lipinski definition) is 2. The van der Waals surface area contributed by atoms with Crippen LogP contribution in [0.25, 0.3) is 0 Å². The maximum atomic E-state index is 10.9. The van der Waals surface area contributed by atoms with Gasteiger partial charge in [-0.1, -0.05) is 26.0 Å². The van der Waals surface area contributed by atoms with E-state index in [0.717, 1.165) is 5.75 Å². The average Bonchev–Trinajstić information content (AvgIpc) is 2.39. The second-order valence-corrected chi connectivity index (χ2v) is 5.63. The summed E-state index contributed by atoms with van der Waals surface area (Å²) < 4.78 is 6.21.